The van der Waals surface area contributed by atoms with Crippen LogP contribution in [0.3, 0.4) is 0 Å². The van der Waals surface area contributed by atoms with E-state index in [-0.39, 0.29) is 0 Å². The molecule has 1 nitrogen and oxygen atoms in total. The maximum Gasteiger partial charge on any atom is 0.0903 e. The molecule has 0 atom stereocenters. The topological polar surface area (TPSA) is 12.9 Å². The molecule has 0 bridgehead atoms. The molecule has 0 amide bonds. The van der Waals surface area contributed by atoms with Gasteiger partial charge in [0.1, 0.15) is 0 Å². The van der Waals surface area contributed by atoms with Crippen molar-refractivity contribution < 1.29 is 0 Å². The van der Waals surface area contributed by atoms with E-state index in [0.29, 0.717) is 0 Å². The first kappa shape index (κ1) is 9.20. The van der Waals surface area contributed by atoms with Crippen LogP contribution in [0.2, 0.25) is 0 Å². The molecule has 1 heterocycles. The third-order valence-corrected chi connectivity index (χ3v) is 2.71. The smallest absolute Gasteiger partial charge is 0.0903 e. The lowest BCUT2D eigenvalue weighted by Gasteiger charge is -1.94. The SMILES string of the molecule is C=C(/C=C\C)c1sc(C)nc1C. The first-order chi connectivity index (χ1) is 5.65. The fraction of sp³-hybridized carbons (Fsp3) is 0.300. The van der Waals surface area contributed by atoms with Gasteiger partial charge in [-0.15, -0.1) is 11.3 Å². The van der Waals surface area contributed by atoms with Crippen LogP contribution in [-0.4, -0.2) is 4.98 Å². The Bertz CT molecular complexity index is 321. The zero-order chi connectivity index (χ0) is 9.14. The summed E-state index contributed by atoms with van der Waals surface area (Å²) in [4.78, 5) is 5.54. The second-order valence-electron chi connectivity index (χ2n) is 2.67. The fourth-order valence-electron chi connectivity index (χ4n) is 1.11. The Kier molecular flexibility index (Phi) is 2.82. The van der Waals surface area contributed by atoms with Crippen LogP contribution in [0.4, 0.5) is 0 Å². The summed E-state index contributed by atoms with van der Waals surface area (Å²) in [7, 11) is 0. The van der Waals surface area contributed by atoms with Gasteiger partial charge in [0, 0.05) is 0 Å². The number of rotatable bonds is 2. The molecular weight excluding hydrogens is 166 g/mol. The van der Waals surface area contributed by atoms with E-state index in [1.165, 1.54) is 4.88 Å². The summed E-state index contributed by atoms with van der Waals surface area (Å²) in [5.41, 5.74) is 2.14. The second-order valence-corrected chi connectivity index (χ2v) is 3.88. The van der Waals surface area contributed by atoms with Gasteiger partial charge in [0.25, 0.3) is 0 Å². The standard InChI is InChI=1S/C10H13NS/c1-5-6-7(2)10-8(3)11-9(4)12-10/h5-6H,2H2,1,3-4H3/b6-5-. The number of hydrogen-bond donors (Lipinski definition) is 0. The lowest BCUT2D eigenvalue weighted by molar-refractivity contribution is 1.19. The summed E-state index contributed by atoms with van der Waals surface area (Å²) in [6.45, 7) is 10.0. The van der Waals surface area contributed by atoms with Crippen molar-refractivity contribution in [2.45, 2.75) is 20.8 Å². The number of nitrogens with zero attached hydrogens (tertiary/aromatic N) is 1. The van der Waals surface area contributed by atoms with E-state index in [1.807, 2.05) is 32.9 Å². The summed E-state index contributed by atoms with van der Waals surface area (Å²) in [6, 6.07) is 0. The van der Waals surface area contributed by atoms with E-state index in [0.717, 1.165) is 16.3 Å². The molecule has 0 N–H and O–H groups in total. The van der Waals surface area contributed by atoms with Crippen molar-refractivity contribution in [2.75, 3.05) is 0 Å². The van der Waals surface area contributed by atoms with Gasteiger partial charge < -0.3 is 0 Å². The Balaban J connectivity index is 3.02. The van der Waals surface area contributed by atoms with Gasteiger partial charge in [-0.25, -0.2) is 4.98 Å². The van der Waals surface area contributed by atoms with Crippen molar-refractivity contribution in [3.05, 3.63) is 34.3 Å². The maximum atomic E-state index is 4.34. The van der Waals surface area contributed by atoms with Gasteiger partial charge in [-0.3, -0.25) is 0 Å². The molecule has 0 unspecified atom stereocenters. The molecule has 1 aromatic heterocycles. The summed E-state index contributed by atoms with van der Waals surface area (Å²) in [6.07, 6.45) is 4.01. The molecule has 0 aliphatic rings. The highest BCUT2D eigenvalue weighted by Crippen LogP contribution is 2.24. The van der Waals surface area contributed by atoms with E-state index < -0.39 is 0 Å². The van der Waals surface area contributed by atoms with Crippen LogP contribution in [-0.2, 0) is 0 Å². The molecule has 0 radical (unpaired) electrons. The number of allylic oxidation sites excluding steroid dienone is 3. The van der Waals surface area contributed by atoms with Gasteiger partial charge in [0.2, 0.25) is 0 Å². The number of aryl methyl sites for hydroxylation is 2. The van der Waals surface area contributed by atoms with E-state index >= 15 is 0 Å². The highest BCUT2D eigenvalue weighted by Gasteiger charge is 2.04. The summed E-state index contributed by atoms with van der Waals surface area (Å²) in [5.74, 6) is 0. The minimum atomic E-state index is 1.06. The van der Waals surface area contributed by atoms with Gasteiger partial charge in [0.15, 0.2) is 0 Å². The molecule has 0 spiro atoms. The van der Waals surface area contributed by atoms with Crippen molar-refractivity contribution in [3.8, 4) is 0 Å². The predicted molar refractivity (Wildman–Crippen MR) is 55.4 cm³/mol. The van der Waals surface area contributed by atoms with Gasteiger partial charge in [-0.05, 0) is 26.3 Å². The molecule has 0 aromatic carbocycles. The van der Waals surface area contributed by atoms with Crippen LogP contribution < -0.4 is 0 Å². The summed E-state index contributed by atoms with van der Waals surface area (Å²) in [5, 5.41) is 1.10. The summed E-state index contributed by atoms with van der Waals surface area (Å²) >= 11 is 1.70. The van der Waals surface area contributed by atoms with Crippen molar-refractivity contribution >= 4 is 16.9 Å². The number of aromatic nitrogens is 1. The Morgan fingerprint density at radius 1 is 1.50 bits per heavy atom. The minimum absolute atomic E-state index is 1.06. The molecule has 12 heavy (non-hydrogen) atoms. The third-order valence-electron chi connectivity index (χ3n) is 1.56. The second kappa shape index (κ2) is 3.68. The number of hydrogen-bond acceptors (Lipinski definition) is 2. The Morgan fingerprint density at radius 3 is 2.58 bits per heavy atom. The van der Waals surface area contributed by atoms with Crippen molar-refractivity contribution in [1.82, 2.24) is 4.98 Å². The Labute approximate surface area is 77.5 Å². The van der Waals surface area contributed by atoms with Gasteiger partial charge in [-0.2, -0.15) is 0 Å². The van der Waals surface area contributed by atoms with Crippen molar-refractivity contribution in [1.29, 1.82) is 0 Å². The molecule has 0 saturated heterocycles. The molecule has 2 heteroatoms. The molecule has 0 aliphatic heterocycles. The third kappa shape index (κ3) is 1.83. The average molecular weight is 179 g/mol. The first-order valence-electron chi connectivity index (χ1n) is 3.91. The molecule has 0 fully saturated rings. The van der Waals surface area contributed by atoms with E-state index in [1.54, 1.807) is 11.3 Å². The maximum absolute atomic E-state index is 4.34. The van der Waals surface area contributed by atoms with Crippen LogP contribution in [0.15, 0.2) is 18.7 Å². The van der Waals surface area contributed by atoms with Gasteiger partial charge >= 0.3 is 0 Å². The van der Waals surface area contributed by atoms with Gasteiger partial charge in [-0.1, -0.05) is 18.7 Å². The summed E-state index contributed by atoms with van der Waals surface area (Å²) < 4.78 is 0. The minimum Gasteiger partial charge on any atom is -0.246 e. The lowest BCUT2D eigenvalue weighted by atomic mass is 10.2. The van der Waals surface area contributed by atoms with E-state index in [9.17, 15) is 0 Å². The van der Waals surface area contributed by atoms with E-state index in [2.05, 4.69) is 11.6 Å². The molecule has 0 aliphatic carbocycles. The molecule has 0 saturated carbocycles. The quantitative estimate of drug-likeness (QED) is 0.634. The average Bonchev–Trinajstić information content (AvgIpc) is 2.30. The zero-order valence-corrected chi connectivity index (χ0v) is 8.53. The highest BCUT2D eigenvalue weighted by molar-refractivity contribution is 7.12. The van der Waals surface area contributed by atoms with Crippen LogP contribution in [0, 0.1) is 13.8 Å². The molecule has 64 valence electrons. The first-order valence-corrected chi connectivity index (χ1v) is 4.72. The zero-order valence-electron chi connectivity index (χ0n) is 7.72. The monoisotopic (exact) mass is 179 g/mol. The highest BCUT2D eigenvalue weighted by atomic mass is 32.1. The van der Waals surface area contributed by atoms with Crippen LogP contribution in [0.5, 0.6) is 0 Å². The van der Waals surface area contributed by atoms with Crippen LogP contribution in [0.25, 0.3) is 5.57 Å². The normalized spacial score (nSPS) is 10.9. The van der Waals surface area contributed by atoms with Crippen molar-refractivity contribution in [3.63, 3.8) is 0 Å². The van der Waals surface area contributed by atoms with E-state index in [4.69, 9.17) is 0 Å². The largest absolute Gasteiger partial charge is 0.246 e. The van der Waals surface area contributed by atoms with Gasteiger partial charge in [0.05, 0.1) is 15.6 Å². The Hall–Kier alpha value is -0.890. The van der Waals surface area contributed by atoms with Crippen molar-refractivity contribution in [2.24, 2.45) is 0 Å². The predicted octanol–water partition coefficient (Wildman–Crippen LogP) is 3.35. The molecule has 1 rings (SSSR count). The van der Waals surface area contributed by atoms with Crippen LogP contribution >= 0.6 is 11.3 Å². The molecule has 1 aromatic rings. The lowest BCUT2D eigenvalue weighted by Crippen LogP contribution is -1.78. The fourth-order valence-corrected chi connectivity index (χ4v) is 1.98. The van der Waals surface area contributed by atoms with Crippen LogP contribution in [0.1, 0.15) is 22.5 Å². The number of thiazole rings is 1. The molecular formula is C10H13NS. The Morgan fingerprint density at radius 2 is 2.17 bits per heavy atom.